The lowest BCUT2D eigenvalue weighted by Gasteiger charge is -2.32. The van der Waals surface area contributed by atoms with Crippen LogP contribution in [0.15, 0.2) is 16.7 Å². The Morgan fingerprint density at radius 3 is 2.84 bits per heavy atom. The van der Waals surface area contributed by atoms with Crippen LogP contribution in [-0.2, 0) is 0 Å². The van der Waals surface area contributed by atoms with Crippen molar-refractivity contribution in [2.75, 3.05) is 13.1 Å². The summed E-state index contributed by atoms with van der Waals surface area (Å²) < 4.78 is 11.3. The van der Waals surface area contributed by atoms with Crippen LogP contribution >= 0.6 is 0 Å². The second kappa shape index (κ2) is 6.46. The van der Waals surface area contributed by atoms with Crippen LogP contribution in [0.4, 0.5) is 0 Å². The van der Waals surface area contributed by atoms with Gasteiger partial charge in [-0.1, -0.05) is 5.16 Å². The molecule has 2 fully saturated rings. The Hall–Kier alpha value is -2.44. The third kappa shape index (κ3) is 3.65. The molecule has 0 bridgehead atoms. The maximum absolute atomic E-state index is 12.7. The van der Waals surface area contributed by atoms with E-state index < -0.39 is 0 Å². The number of aryl methyl sites for hydroxylation is 2. The highest BCUT2D eigenvalue weighted by Gasteiger charge is 2.31. The van der Waals surface area contributed by atoms with E-state index in [0.717, 1.165) is 37.1 Å². The van der Waals surface area contributed by atoms with Crippen molar-refractivity contribution in [1.29, 1.82) is 0 Å². The number of likely N-dealkylation sites (tertiary alicyclic amines) is 1. The molecule has 1 aliphatic heterocycles. The second-order valence-corrected chi connectivity index (χ2v) is 6.92. The minimum Gasteiger partial charge on any atom is -0.472 e. The van der Waals surface area contributed by atoms with Gasteiger partial charge in [-0.15, -0.1) is 0 Å². The van der Waals surface area contributed by atoms with E-state index in [9.17, 15) is 4.79 Å². The van der Waals surface area contributed by atoms with Gasteiger partial charge in [-0.2, -0.15) is 4.98 Å². The molecular formula is C18H22N4O3. The lowest BCUT2D eigenvalue weighted by Crippen LogP contribution is -2.44. The van der Waals surface area contributed by atoms with E-state index in [-0.39, 0.29) is 12.0 Å². The summed E-state index contributed by atoms with van der Waals surface area (Å²) in [6, 6.07) is 3.62. The molecule has 2 aromatic rings. The van der Waals surface area contributed by atoms with Crippen molar-refractivity contribution < 1.29 is 14.1 Å². The Bertz CT molecular complexity index is 764. The largest absolute Gasteiger partial charge is 0.472 e. The molecule has 1 atom stereocenters. The number of nitrogens with zero attached hydrogens (tertiary/aromatic N) is 4. The van der Waals surface area contributed by atoms with Gasteiger partial charge in [0.15, 0.2) is 5.69 Å². The van der Waals surface area contributed by atoms with E-state index in [2.05, 4.69) is 15.1 Å². The monoisotopic (exact) mass is 342 g/mol. The lowest BCUT2D eigenvalue weighted by molar-refractivity contribution is 0.0518. The summed E-state index contributed by atoms with van der Waals surface area (Å²) in [7, 11) is 0. The standard InChI is InChI=1S/C18H22N4O3/c1-11-8-17(20-12(2)19-11)24-14-4-3-7-22(10-14)18(23)15-9-16(25-21-15)13-5-6-13/h8-9,13-14H,3-7,10H2,1-2H3/t14-/m0/s1. The average Bonchev–Trinajstić information content (AvgIpc) is 3.31. The van der Waals surface area contributed by atoms with Crippen LogP contribution in [0.3, 0.4) is 0 Å². The SMILES string of the molecule is Cc1cc(O[C@H]2CCCN(C(=O)c3cc(C4CC4)on3)C2)nc(C)n1. The van der Waals surface area contributed by atoms with Gasteiger partial charge in [0.25, 0.3) is 5.91 Å². The molecule has 7 heteroatoms. The van der Waals surface area contributed by atoms with Gasteiger partial charge in [0.2, 0.25) is 5.88 Å². The van der Waals surface area contributed by atoms with Gasteiger partial charge in [0.1, 0.15) is 17.7 Å². The average molecular weight is 342 g/mol. The summed E-state index contributed by atoms with van der Waals surface area (Å²) in [4.78, 5) is 23.1. The summed E-state index contributed by atoms with van der Waals surface area (Å²) in [5.74, 6) is 2.46. The van der Waals surface area contributed by atoms with E-state index in [1.54, 1.807) is 11.0 Å². The topological polar surface area (TPSA) is 81.4 Å². The third-order valence-corrected chi connectivity index (χ3v) is 4.62. The minimum atomic E-state index is -0.0843. The second-order valence-electron chi connectivity index (χ2n) is 6.92. The fourth-order valence-electron chi connectivity index (χ4n) is 3.25. The predicted octanol–water partition coefficient (Wildman–Crippen LogP) is 2.64. The Balaban J connectivity index is 1.41. The van der Waals surface area contributed by atoms with Crippen molar-refractivity contribution in [1.82, 2.24) is 20.0 Å². The zero-order chi connectivity index (χ0) is 17.4. The molecule has 25 heavy (non-hydrogen) atoms. The van der Waals surface area contributed by atoms with Crippen LogP contribution < -0.4 is 4.74 Å². The van der Waals surface area contributed by atoms with E-state index in [0.29, 0.717) is 36.4 Å². The van der Waals surface area contributed by atoms with E-state index in [4.69, 9.17) is 9.26 Å². The first kappa shape index (κ1) is 16.1. The van der Waals surface area contributed by atoms with Crippen molar-refractivity contribution in [2.24, 2.45) is 0 Å². The zero-order valence-electron chi connectivity index (χ0n) is 14.6. The molecule has 0 aromatic carbocycles. The normalized spacial score (nSPS) is 20.6. The zero-order valence-corrected chi connectivity index (χ0v) is 14.6. The molecule has 0 N–H and O–H groups in total. The Kier molecular flexibility index (Phi) is 4.15. The minimum absolute atomic E-state index is 0.0683. The number of hydrogen-bond acceptors (Lipinski definition) is 6. The van der Waals surface area contributed by atoms with E-state index >= 15 is 0 Å². The van der Waals surface area contributed by atoms with Gasteiger partial charge in [-0.05, 0) is 39.5 Å². The molecule has 0 unspecified atom stereocenters. The fourth-order valence-corrected chi connectivity index (χ4v) is 3.25. The molecule has 1 saturated heterocycles. The van der Waals surface area contributed by atoms with Crippen molar-refractivity contribution >= 4 is 5.91 Å². The van der Waals surface area contributed by atoms with Crippen LogP contribution in [0.1, 0.15) is 59.4 Å². The van der Waals surface area contributed by atoms with Crippen molar-refractivity contribution in [3.05, 3.63) is 35.1 Å². The fraction of sp³-hybridized carbons (Fsp3) is 0.556. The van der Waals surface area contributed by atoms with Crippen LogP contribution in [0.25, 0.3) is 0 Å². The van der Waals surface area contributed by atoms with Crippen LogP contribution in [0, 0.1) is 13.8 Å². The molecule has 0 radical (unpaired) electrons. The van der Waals surface area contributed by atoms with Crippen LogP contribution in [0.2, 0.25) is 0 Å². The molecule has 132 valence electrons. The predicted molar refractivity (Wildman–Crippen MR) is 89.5 cm³/mol. The first-order valence-electron chi connectivity index (χ1n) is 8.83. The van der Waals surface area contributed by atoms with Gasteiger partial charge >= 0.3 is 0 Å². The third-order valence-electron chi connectivity index (χ3n) is 4.62. The number of rotatable bonds is 4. The summed E-state index contributed by atoms with van der Waals surface area (Å²) in [6.45, 7) is 5.01. The molecule has 7 nitrogen and oxygen atoms in total. The molecule has 4 rings (SSSR count). The first-order valence-corrected chi connectivity index (χ1v) is 8.83. The van der Waals surface area contributed by atoms with Crippen molar-refractivity contribution in [3.8, 4) is 5.88 Å². The Labute approximate surface area is 146 Å². The number of carbonyl (C=O) groups excluding carboxylic acids is 1. The van der Waals surface area contributed by atoms with Gasteiger partial charge < -0.3 is 14.2 Å². The summed E-state index contributed by atoms with van der Waals surface area (Å²) in [5, 5.41) is 3.96. The number of piperidine rings is 1. The highest BCUT2D eigenvalue weighted by molar-refractivity contribution is 5.92. The number of aromatic nitrogens is 3. The molecule has 1 aliphatic carbocycles. The van der Waals surface area contributed by atoms with Crippen molar-refractivity contribution in [2.45, 2.75) is 51.6 Å². The van der Waals surface area contributed by atoms with Gasteiger partial charge in [0.05, 0.1) is 6.54 Å². The summed E-state index contributed by atoms with van der Waals surface area (Å²) in [6.07, 6.45) is 3.98. The number of ether oxygens (including phenoxy) is 1. The molecule has 2 aromatic heterocycles. The quantitative estimate of drug-likeness (QED) is 0.849. The molecule has 2 aliphatic rings. The highest BCUT2D eigenvalue weighted by Crippen LogP contribution is 2.40. The Morgan fingerprint density at radius 2 is 2.08 bits per heavy atom. The maximum atomic E-state index is 12.7. The smallest absolute Gasteiger partial charge is 0.276 e. The molecular weight excluding hydrogens is 320 g/mol. The number of amides is 1. The molecule has 1 amide bonds. The molecule has 3 heterocycles. The highest BCUT2D eigenvalue weighted by atomic mass is 16.5. The van der Waals surface area contributed by atoms with Gasteiger partial charge in [-0.3, -0.25) is 4.79 Å². The Morgan fingerprint density at radius 1 is 1.24 bits per heavy atom. The van der Waals surface area contributed by atoms with E-state index in [1.807, 2.05) is 19.9 Å². The van der Waals surface area contributed by atoms with E-state index in [1.165, 1.54) is 0 Å². The van der Waals surface area contributed by atoms with Gasteiger partial charge in [0, 0.05) is 30.3 Å². The molecule has 1 saturated carbocycles. The maximum Gasteiger partial charge on any atom is 0.276 e. The number of hydrogen-bond donors (Lipinski definition) is 0. The van der Waals surface area contributed by atoms with Crippen molar-refractivity contribution in [3.63, 3.8) is 0 Å². The summed E-state index contributed by atoms with van der Waals surface area (Å²) >= 11 is 0. The lowest BCUT2D eigenvalue weighted by atomic mass is 10.1. The van der Waals surface area contributed by atoms with Crippen LogP contribution in [0.5, 0.6) is 5.88 Å². The summed E-state index contributed by atoms with van der Waals surface area (Å²) in [5.41, 5.74) is 1.28. The first-order chi connectivity index (χ1) is 12.1. The molecule has 0 spiro atoms. The van der Waals surface area contributed by atoms with Crippen LogP contribution in [-0.4, -0.2) is 45.1 Å². The van der Waals surface area contributed by atoms with Gasteiger partial charge in [-0.25, -0.2) is 4.98 Å². The number of carbonyl (C=O) groups is 1.